The van der Waals surface area contributed by atoms with Crippen molar-refractivity contribution in [3.05, 3.63) is 22.8 Å². The lowest BCUT2D eigenvalue weighted by Crippen LogP contribution is -2.05. The Labute approximate surface area is 128 Å². The first-order valence-electron chi connectivity index (χ1n) is 6.01. The molecule has 0 saturated carbocycles. The van der Waals surface area contributed by atoms with Gasteiger partial charge in [0.2, 0.25) is 0 Å². The largest absolute Gasteiger partial charge is 0.481 e. The highest BCUT2D eigenvalue weighted by atomic mass is 79.9. The fraction of sp³-hybridized carbons (Fsp3) is 0.333. The molecule has 2 aromatic rings. The lowest BCUT2D eigenvalue weighted by Gasteiger charge is -2.07. The van der Waals surface area contributed by atoms with Crippen molar-refractivity contribution in [3.63, 3.8) is 0 Å². The Morgan fingerprint density at radius 1 is 1.45 bits per heavy atom. The minimum atomic E-state index is -0.871. The van der Waals surface area contributed by atoms with E-state index >= 15 is 0 Å². The molecule has 0 radical (unpaired) electrons. The first-order valence-corrected chi connectivity index (χ1v) is 7.79. The van der Waals surface area contributed by atoms with Gasteiger partial charge in [-0.3, -0.25) is 9.78 Å². The molecule has 0 amide bonds. The molecular weight excluding hydrogens is 344 g/mol. The lowest BCUT2D eigenvalue weighted by molar-refractivity contribution is -0.133. The molecule has 0 atom stereocenters. The van der Waals surface area contributed by atoms with Crippen molar-refractivity contribution in [2.24, 2.45) is 0 Å². The van der Waals surface area contributed by atoms with Crippen LogP contribution in [0.5, 0.6) is 0 Å². The summed E-state index contributed by atoms with van der Waals surface area (Å²) in [5.41, 5.74) is 0.719. The number of pyridine rings is 1. The van der Waals surface area contributed by atoms with E-state index in [1.165, 1.54) is 11.8 Å². The van der Waals surface area contributed by atoms with Crippen LogP contribution < -0.4 is 0 Å². The Morgan fingerprint density at radius 3 is 2.85 bits per heavy atom. The van der Waals surface area contributed by atoms with Gasteiger partial charge in [0.05, 0.1) is 5.75 Å². The van der Waals surface area contributed by atoms with Crippen LogP contribution in [0.25, 0.3) is 11.5 Å². The van der Waals surface area contributed by atoms with Crippen LogP contribution in [0.3, 0.4) is 0 Å². The highest BCUT2D eigenvalue weighted by molar-refractivity contribution is 9.10. The van der Waals surface area contributed by atoms with Gasteiger partial charge < -0.3 is 9.67 Å². The molecule has 0 spiro atoms. The zero-order valence-electron chi connectivity index (χ0n) is 10.8. The topological polar surface area (TPSA) is 80.9 Å². The summed E-state index contributed by atoms with van der Waals surface area (Å²) in [6, 6.07) is 3.74. The molecule has 2 rings (SSSR count). The second-order valence-electron chi connectivity index (χ2n) is 4.00. The van der Waals surface area contributed by atoms with Crippen molar-refractivity contribution in [2.45, 2.75) is 25.0 Å². The highest BCUT2D eigenvalue weighted by Crippen LogP contribution is 2.23. The molecule has 2 heterocycles. The molecule has 0 aliphatic carbocycles. The minimum absolute atomic E-state index is 0.0321. The molecule has 0 aromatic carbocycles. The van der Waals surface area contributed by atoms with Crippen LogP contribution in [0.2, 0.25) is 0 Å². The van der Waals surface area contributed by atoms with Crippen LogP contribution >= 0.6 is 27.7 Å². The van der Waals surface area contributed by atoms with Crippen molar-refractivity contribution in [3.8, 4) is 11.5 Å². The van der Waals surface area contributed by atoms with Gasteiger partial charge in [0, 0.05) is 17.2 Å². The van der Waals surface area contributed by atoms with Gasteiger partial charge in [0.25, 0.3) is 0 Å². The molecule has 0 unspecified atom stereocenters. The van der Waals surface area contributed by atoms with Gasteiger partial charge in [0.15, 0.2) is 11.0 Å². The predicted octanol–water partition coefficient (Wildman–Crippen LogP) is 2.69. The van der Waals surface area contributed by atoms with E-state index in [-0.39, 0.29) is 5.75 Å². The van der Waals surface area contributed by atoms with Crippen LogP contribution in [-0.2, 0) is 11.3 Å². The van der Waals surface area contributed by atoms with Crippen LogP contribution in [0.15, 0.2) is 28.0 Å². The summed E-state index contributed by atoms with van der Waals surface area (Å²) >= 11 is 4.51. The Kier molecular flexibility index (Phi) is 5.13. The van der Waals surface area contributed by atoms with Crippen LogP contribution in [0, 0.1) is 0 Å². The molecule has 1 N–H and O–H groups in total. The lowest BCUT2D eigenvalue weighted by atomic mass is 10.3. The number of thioether (sulfide) groups is 1. The van der Waals surface area contributed by atoms with E-state index < -0.39 is 5.97 Å². The molecule has 6 nitrogen and oxygen atoms in total. The predicted molar refractivity (Wildman–Crippen MR) is 79.6 cm³/mol. The Morgan fingerprint density at radius 2 is 2.25 bits per heavy atom. The van der Waals surface area contributed by atoms with E-state index in [9.17, 15) is 4.79 Å². The van der Waals surface area contributed by atoms with E-state index in [1.54, 1.807) is 6.20 Å². The van der Waals surface area contributed by atoms with Gasteiger partial charge in [-0.2, -0.15) is 0 Å². The number of rotatable bonds is 6. The number of carboxylic acids is 1. The van der Waals surface area contributed by atoms with Crippen molar-refractivity contribution in [1.82, 2.24) is 19.7 Å². The number of halogens is 1. The third kappa shape index (κ3) is 3.57. The summed E-state index contributed by atoms with van der Waals surface area (Å²) in [6.07, 6.45) is 2.60. The quantitative estimate of drug-likeness (QED) is 0.801. The third-order valence-corrected chi connectivity index (χ3v) is 3.87. The maximum absolute atomic E-state index is 10.7. The highest BCUT2D eigenvalue weighted by Gasteiger charge is 2.15. The molecule has 0 aliphatic heterocycles. The molecule has 8 heteroatoms. The molecule has 106 valence electrons. The number of hydrogen-bond donors (Lipinski definition) is 1. The number of carboxylic acid groups (broad SMARTS) is 1. The second kappa shape index (κ2) is 6.85. The SMILES string of the molecule is CCCn1c(SCC(=O)O)nnc1-c1ccc(Br)cn1. The number of carbonyl (C=O) groups is 1. The van der Waals surface area contributed by atoms with Crippen LogP contribution in [-0.4, -0.2) is 36.6 Å². The summed E-state index contributed by atoms with van der Waals surface area (Å²) in [6.45, 7) is 2.77. The minimum Gasteiger partial charge on any atom is -0.481 e. The Balaban J connectivity index is 2.32. The fourth-order valence-electron chi connectivity index (χ4n) is 1.64. The first kappa shape index (κ1) is 15.0. The van der Waals surface area contributed by atoms with Gasteiger partial charge >= 0.3 is 5.97 Å². The van der Waals surface area contributed by atoms with E-state index in [2.05, 4.69) is 31.1 Å². The average molecular weight is 357 g/mol. The smallest absolute Gasteiger partial charge is 0.313 e. The van der Waals surface area contributed by atoms with Crippen molar-refractivity contribution < 1.29 is 9.90 Å². The van der Waals surface area contributed by atoms with Crippen LogP contribution in [0.1, 0.15) is 13.3 Å². The number of aliphatic carboxylic acids is 1. The molecular formula is C12H13BrN4O2S. The van der Waals surface area contributed by atoms with Crippen LogP contribution in [0.4, 0.5) is 0 Å². The first-order chi connectivity index (χ1) is 9.61. The molecule has 0 saturated heterocycles. The van der Waals surface area contributed by atoms with Gasteiger partial charge in [0.1, 0.15) is 5.69 Å². The monoisotopic (exact) mass is 356 g/mol. The number of aromatic nitrogens is 4. The maximum Gasteiger partial charge on any atom is 0.313 e. The fourth-order valence-corrected chi connectivity index (χ4v) is 2.56. The standard InChI is InChI=1S/C12H13BrN4O2S/c1-2-5-17-11(9-4-3-8(13)6-14-9)15-16-12(17)20-7-10(18)19/h3-4,6H,2,5,7H2,1H3,(H,18,19). The van der Waals surface area contributed by atoms with Crippen molar-refractivity contribution >= 4 is 33.7 Å². The molecule has 0 aliphatic rings. The zero-order chi connectivity index (χ0) is 14.5. The maximum atomic E-state index is 10.7. The van der Waals surface area contributed by atoms with Crippen molar-refractivity contribution in [1.29, 1.82) is 0 Å². The second-order valence-corrected chi connectivity index (χ2v) is 5.86. The molecule has 2 aromatic heterocycles. The zero-order valence-corrected chi connectivity index (χ0v) is 13.2. The summed E-state index contributed by atoms with van der Waals surface area (Å²) in [5, 5.41) is 17.6. The van der Waals surface area contributed by atoms with Crippen molar-refractivity contribution in [2.75, 3.05) is 5.75 Å². The average Bonchev–Trinajstić information content (AvgIpc) is 2.81. The van der Waals surface area contributed by atoms with Gasteiger partial charge in [-0.05, 0) is 34.5 Å². The van der Waals surface area contributed by atoms with E-state index in [0.29, 0.717) is 11.0 Å². The van der Waals surface area contributed by atoms with Gasteiger partial charge in [-0.15, -0.1) is 10.2 Å². The summed E-state index contributed by atoms with van der Waals surface area (Å²) < 4.78 is 2.80. The summed E-state index contributed by atoms with van der Waals surface area (Å²) in [5.74, 6) is -0.244. The molecule has 0 bridgehead atoms. The van der Waals surface area contributed by atoms with E-state index in [0.717, 1.165) is 23.1 Å². The Hall–Kier alpha value is -1.41. The summed E-state index contributed by atoms with van der Waals surface area (Å²) in [7, 11) is 0. The Bertz CT molecular complexity index is 600. The third-order valence-electron chi connectivity index (χ3n) is 2.45. The van der Waals surface area contributed by atoms with E-state index in [1.807, 2.05) is 23.6 Å². The normalized spacial score (nSPS) is 10.7. The number of hydrogen-bond acceptors (Lipinski definition) is 5. The van der Waals surface area contributed by atoms with Gasteiger partial charge in [-0.25, -0.2) is 0 Å². The summed E-state index contributed by atoms with van der Waals surface area (Å²) in [4.78, 5) is 15.0. The number of nitrogens with zero attached hydrogens (tertiary/aromatic N) is 4. The molecule has 20 heavy (non-hydrogen) atoms. The van der Waals surface area contributed by atoms with Gasteiger partial charge in [-0.1, -0.05) is 18.7 Å². The van der Waals surface area contributed by atoms with E-state index in [4.69, 9.17) is 5.11 Å². The molecule has 0 fully saturated rings.